The number of urea groups is 1. The molecule has 0 saturated heterocycles. The van der Waals surface area contributed by atoms with Crippen LogP contribution in [0, 0.1) is 0 Å². The molecule has 0 saturated carbocycles. The van der Waals surface area contributed by atoms with Gasteiger partial charge < -0.3 is 25.0 Å². The molecular weight excluding hydrogens is 448 g/mol. The standard InChI is InChI=1S/C24H28N8O3/c1-24(2,3)31-23(33)30-22-29-20-15(13-26-21(28-20)27-16-6-8-25-9-7-16)14-32(22)17-10-18(34-4)12-19(11-17)35-5/h6-13H,14H2,1-5H3,(H3,25,26,27,28,29,30,31,33). The minimum absolute atomic E-state index is 0.308. The summed E-state index contributed by atoms with van der Waals surface area (Å²) >= 11 is 0. The molecule has 0 aliphatic carbocycles. The third kappa shape index (κ3) is 5.94. The number of rotatable bonds is 5. The van der Waals surface area contributed by atoms with E-state index in [1.807, 2.05) is 49.9 Å². The van der Waals surface area contributed by atoms with Crippen molar-refractivity contribution in [3.63, 3.8) is 0 Å². The van der Waals surface area contributed by atoms with Gasteiger partial charge in [0.25, 0.3) is 0 Å². The van der Waals surface area contributed by atoms with Gasteiger partial charge in [0.2, 0.25) is 11.9 Å². The molecule has 0 unspecified atom stereocenters. The lowest BCUT2D eigenvalue weighted by Gasteiger charge is -2.31. The molecule has 0 spiro atoms. The predicted octanol–water partition coefficient (Wildman–Crippen LogP) is 3.74. The number of aromatic nitrogens is 3. The van der Waals surface area contributed by atoms with Crippen LogP contribution in [0.2, 0.25) is 0 Å². The number of hydrogen-bond acceptors (Lipinski definition) is 9. The molecule has 3 aromatic rings. The minimum Gasteiger partial charge on any atom is -0.497 e. The van der Waals surface area contributed by atoms with E-state index in [0.717, 1.165) is 16.9 Å². The number of fused-ring (bicyclic) bond motifs is 1. The van der Waals surface area contributed by atoms with Crippen LogP contribution in [0.1, 0.15) is 26.3 Å². The van der Waals surface area contributed by atoms with E-state index in [2.05, 4.69) is 35.9 Å². The van der Waals surface area contributed by atoms with Crippen LogP contribution in [-0.4, -0.2) is 46.7 Å². The third-order valence-electron chi connectivity index (χ3n) is 4.94. The van der Waals surface area contributed by atoms with Gasteiger partial charge in [-0.05, 0) is 32.9 Å². The smallest absolute Gasteiger partial charge is 0.321 e. The van der Waals surface area contributed by atoms with Crippen LogP contribution in [0.5, 0.6) is 11.5 Å². The summed E-state index contributed by atoms with van der Waals surface area (Å²) in [6.45, 7) is 6.08. The van der Waals surface area contributed by atoms with Crippen LogP contribution in [-0.2, 0) is 6.54 Å². The molecule has 11 heteroatoms. The zero-order valence-corrected chi connectivity index (χ0v) is 20.3. The van der Waals surface area contributed by atoms with Crippen LogP contribution in [0.4, 0.5) is 27.9 Å². The number of ether oxygens (including phenoxy) is 2. The molecule has 0 bridgehead atoms. The first-order chi connectivity index (χ1) is 16.7. The second-order valence-corrected chi connectivity index (χ2v) is 8.82. The Hall–Kier alpha value is -4.41. The third-order valence-corrected chi connectivity index (χ3v) is 4.94. The summed E-state index contributed by atoms with van der Waals surface area (Å²) < 4.78 is 10.9. The van der Waals surface area contributed by atoms with Crippen LogP contribution in [0.25, 0.3) is 0 Å². The summed E-state index contributed by atoms with van der Waals surface area (Å²) in [6.07, 6.45) is 5.07. The van der Waals surface area contributed by atoms with E-state index in [1.165, 1.54) is 0 Å². The van der Waals surface area contributed by atoms with E-state index < -0.39 is 5.54 Å². The van der Waals surface area contributed by atoms with Crippen LogP contribution in [0.15, 0.2) is 53.9 Å². The molecule has 2 aromatic heterocycles. The number of carbonyl (C=O) groups is 1. The molecule has 1 aliphatic rings. The van der Waals surface area contributed by atoms with Gasteiger partial charge in [0.05, 0.1) is 26.5 Å². The largest absolute Gasteiger partial charge is 0.497 e. The molecule has 4 rings (SSSR count). The average molecular weight is 477 g/mol. The maximum absolute atomic E-state index is 12.7. The summed E-state index contributed by atoms with van der Waals surface area (Å²) in [5, 5.41) is 8.89. The second-order valence-electron chi connectivity index (χ2n) is 8.82. The number of amides is 2. The molecule has 0 atom stereocenters. The molecule has 0 fully saturated rings. The van der Waals surface area contributed by atoms with Crippen molar-refractivity contribution < 1.29 is 14.3 Å². The molecule has 182 valence electrons. The van der Waals surface area contributed by atoms with Crippen molar-refractivity contribution in [2.75, 3.05) is 24.4 Å². The number of carbonyl (C=O) groups excluding carboxylic acids is 1. The van der Waals surface area contributed by atoms with E-state index >= 15 is 0 Å². The minimum atomic E-state index is -0.426. The summed E-state index contributed by atoms with van der Waals surface area (Å²) in [7, 11) is 3.17. The van der Waals surface area contributed by atoms with Crippen LogP contribution >= 0.6 is 0 Å². The molecule has 3 heterocycles. The van der Waals surface area contributed by atoms with E-state index in [-0.39, 0.29) is 6.03 Å². The van der Waals surface area contributed by atoms with Crippen molar-refractivity contribution in [2.45, 2.75) is 32.9 Å². The molecule has 0 radical (unpaired) electrons. The SMILES string of the molecule is COc1cc(OC)cc(N2Cc3cnc(Nc4ccncc4)nc3N=C2NC(=O)NC(C)(C)C)c1. The zero-order chi connectivity index (χ0) is 25.0. The number of aliphatic imine (C=N–C) groups is 1. The fourth-order valence-corrected chi connectivity index (χ4v) is 3.37. The number of hydrogen-bond donors (Lipinski definition) is 3. The van der Waals surface area contributed by atoms with E-state index in [1.54, 1.807) is 38.9 Å². The number of guanidine groups is 1. The maximum Gasteiger partial charge on any atom is 0.321 e. The van der Waals surface area contributed by atoms with Crippen molar-refractivity contribution in [3.8, 4) is 11.5 Å². The molecule has 1 aliphatic heterocycles. The lowest BCUT2D eigenvalue weighted by molar-refractivity contribution is 0.236. The number of nitrogens with zero attached hydrogens (tertiary/aromatic N) is 5. The Balaban J connectivity index is 1.71. The summed E-state index contributed by atoms with van der Waals surface area (Å²) in [5.74, 6) is 2.36. The molecular formula is C24H28N8O3. The number of pyridine rings is 1. The highest BCUT2D eigenvalue weighted by molar-refractivity contribution is 6.07. The second kappa shape index (κ2) is 9.84. The lowest BCUT2D eigenvalue weighted by Crippen LogP contribution is -2.53. The molecule has 35 heavy (non-hydrogen) atoms. The number of nitrogens with one attached hydrogen (secondary N) is 3. The Morgan fingerprint density at radius 2 is 1.74 bits per heavy atom. The van der Waals surface area contributed by atoms with Crippen molar-refractivity contribution >= 4 is 35.1 Å². The zero-order valence-electron chi connectivity index (χ0n) is 20.3. The number of anilines is 3. The lowest BCUT2D eigenvalue weighted by atomic mass is 10.1. The highest BCUT2D eigenvalue weighted by Gasteiger charge is 2.26. The first-order valence-electron chi connectivity index (χ1n) is 11.0. The Labute approximate surface area is 203 Å². The van der Waals surface area contributed by atoms with Crippen LogP contribution in [0.3, 0.4) is 0 Å². The van der Waals surface area contributed by atoms with Gasteiger partial charge in [0, 0.05) is 53.6 Å². The van der Waals surface area contributed by atoms with Gasteiger partial charge in [-0.15, -0.1) is 0 Å². The normalized spacial score (nSPS) is 12.8. The van der Waals surface area contributed by atoms with Crippen molar-refractivity contribution in [1.82, 2.24) is 25.6 Å². The quantitative estimate of drug-likeness (QED) is 0.508. The molecule has 2 amide bonds. The van der Waals surface area contributed by atoms with E-state index in [4.69, 9.17) is 9.47 Å². The maximum atomic E-state index is 12.7. The summed E-state index contributed by atoms with van der Waals surface area (Å²) in [5.41, 5.74) is 1.88. The first-order valence-corrected chi connectivity index (χ1v) is 11.0. The van der Waals surface area contributed by atoms with Gasteiger partial charge in [-0.3, -0.25) is 10.3 Å². The average Bonchev–Trinajstić information content (AvgIpc) is 2.82. The molecule has 11 nitrogen and oxygen atoms in total. The topological polar surface area (TPSA) is 126 Å². The van der Waals surface area contributed by atoms with Gasteiger partial charge in [-0.2, -0.15) is 9.98 Å². The van der Waals surface area contributed by atoms with Crippen molar-refractivity contribution in [2.24, 2.45) is 4.99 Å². The van der Waals surface area contributed by atoms with Crippen LogP contribution < -0.4 is 30.3 Å². The van der Waals surface area contributed by atoms with Gasteiger partial charge in [-0.25, -0.2) is 9.78 Å². The van der Waals surface area contributed by atoms with Crippen molar-refractivity contribution in [3.05, 3.63) is 54.5 Å². The van der Waals surface area contributed by atoms with Gasteiger partial charge in [-0.1, -0.05) is 0 Å². The van der Waals surface area contributed by atoms with Gasteiger partial charge >= 0.3 is 6.03 Å². The van der Waals surface area contributed by atoms with E-state index in [9.17, 15) is 4.79 Å². The Bertz CT molecular complexity index is 1220. The van der Waals surface area contributed by atoms with Gasteiger partial charge in [0.15, 0.2) is 5.82 Å². The Morgan fingerprint density at radius 1 is 1.06 bits per heavy atom. The highest BCUT2D eigenvalue weighted by Crippen LogP contribution is 2.33. The number of benzene rings is 1. The van der Waals surface area contributed by atoms with Gasteiger partial charge in [0.1, 0.15) is 11.5 Å². The Kier molecular flexibility index (Phi) is 6.67. The summed E-state index contributed by atoms with van der Waals surface area (Å²) in [6, 6.07) is 8.70. The Morgan fingerprint density at radius 3 is 2.37 bits per heavy atom. The van der Waals surface area contributed by atoms with Crippen molar-refractivity contribution in [1.29, 1.82) is 0 Å². The van der Waals surface area contributed by atoms with E-state index in [0.29, 0.717) is 35.8 Å². The predicted molar refractivity (Wildman–Crippen MR) is 134 cm³/mol. The summed E-state index contributed by atoms with van der Waals surface area (Å²) in [4.78, 5) is 32.3. The molecule has 1 aromatic carbocycles. The first kappa shape index (κ1) is 23.7. The fraction of sp³-hybridized carbons (Fsp3) is 0.292. The molecule has 3 N–H and O–H groups in total. The highest BCUT2D eigenvalue weighted by atomic mass is 16.5. The fourth-order valence-electron chi connectivity index (χ4n) is 3.37. The number of methoxy groups -OCH3 is 2. The monoisotopic (exact) mass is 476 g/mol.